The average Bonchev–Trinajstić information content (AvgIpc) is 2.75. The molecule has 2 heterocycles. The molecule has 0 spiro atoms. The van der Waals surface area contributed by atoms with Gasteiger partial charge in [0, 0.05) is 38.3 Å². The minimum absolute atomic E-state index is 0.714. The summed E-state index contributed by atoms with van der Waals surface area (Å²) in [6.45, 7) is 8.23. The molecule has 28 heavy (non-hydrogen) atoms. The van der Waals surface area contributed by atoms with Crippen molar-refractivity contribution >= 4 is 0 Å². The van der Waals surface area contributed by atoms with Gasteiger partial charge in [0.25, 0.3) is 0 Å². The van der Waals surface area contributed by atoms with Crippen molar-refractivity contribution in [3.05, 3.63) is 23.3 Å². The van der Waals surface area contributed by atoms with Gasteiger partial charge in [0.1, 0.15) is 11.5 Å². The van der Waals surface area contributed by atoms with E-state index in [2.05, 4.69) is 33.5 Å². The molecule has 0 radical (unpaired) electrons. The zero-order chi connectivity index (χ0) is 19.6. The predicted molar refractivity (Wildman–Crippen MR) is 108 cm³/mol. The lowest BCUT2D eigenvalue weighted by Crippen LogP contribution is -2.36. The molecule has 0 aromatic heterocycles. The number of hydrogen-bond donors (Lipinski definition) is 0. The molecule has 6 heteroatoms. The second-order valence-corrected chi connectivity index (χ2v) is 6.63. The number of rotatable bonds is 4. The van der Waals surface area contributed by atoms with Gasteiger partial charge >= 0.3 is 0 Å². The molecule has 3 rings (SSSR count). The summed E-state index contributed by atoms with van der Waals surface area (Å²) in [4.78, 5) is 4.57. The Kier molecular flexibility index (Phi) is 8.02. The van der Waals surface area contributed by atoms with Gasteiger partial charge in [0.05, 0.1) is 64.9 Å². The van der Waals surface area contributed by atoms with Gasteiger partial charge in [-0.1, -0.05) is 23.7 Å². The van der Waals surface area contributed by atoms with Gasteiger partial charge in [-0.05, 0) is 0 Å². The van der Waals surface area contributed by atoms with Crippen LogP contribution < -0.4 is 9.47 Å². The third kappa shape index (κ3) is 5.89. The van der Waals surface area contributed by atoms with Gasteiger partial charge in [-0.25, -0.2) is 0 Å². The van der Waals surface area contributed by atoms with E-state index in [1.54, 1.807) is 14.2 Å². The van der Waals surface area contributed by atoms with Crippen molar-refractivity contribution in [2.24, 2.45) is 0 Å². The minimum Gasteiger partial charge on any atom is -0.495 e. The van der Waals surface area contributed by atoms with E-state index >= 15 is 0 Å². The van der Waals surface area contributed by atoms with E-state index in [1.165, 1.54) is 0 Å². The highest BCUT2D eigenvalue weighted by atomic mass is 16.5. The lowest BCUT2D eigenvalue weighted by molar-refractivity contribution is 0.0443. The molecule has 0 saturated carbocycles. The number of ether oxygens (including phenoxy) is 4. The highest BCUT2D eigenvalue weighted by molar-refractivity contribution is 5.58. The Morgan fingerprint density at radius 3 is 1.50 bits per heavy atom. The zero-order valence-electron chi connectivity index (χ0n) is 16.8. The summed E-state index contributed by atoms with van der Waals surface area (Å²) in [5.41, 5.74) is 1.62. The Morgan fingerprint density at radius 1 is 0.750 bits per heavy atom. The number of nitrogens with zero attached hydrogens (tertiary/aromatic N) is 2. The standard InChI is InChI=1S/C22H28N2O4/c1-25-21-17-20(6-4-8-24-11-15-28-16-12-24)22(26-2)18-19(21)5-3-7-23-9-13-27-14-10-23/h17-18H,7-16H2,1-2H3. The van der Waals surface area contributed by atoms with Crippen LogP contribution in [0.15, 0.2) is 12.1 Å². The van der Waals surface area contributed by atoms with Crippen LogP contribution in [0, 0.1) is 23.7 Å². The molecule has 2 saturated heterocycles. The molecule has 6 nitrogen and oxygen atoms in total. The van der Waals surface area contributed by atoms with Crippen molar-refractivity contribution in [2.75, 3.05) is 79.9 Å². The molecular weight excluding hydrogens is 356 g/mol. The summed E-state index contributed by atoms with van der Waals surface area (Å²) in [5.74, 6) is 14.3. The Bertz CT molecular complexity index is 695. The Labute approximate surface area is 167 Å². The van der Waals surface area contributed by atoms with Crippen LogP contribution in [0.2, 0.25) is 0 Å². The van der Waals surface area contributed by atoms with E-state index in [0.717, 1.165) is 76.8 Å². The molecular formula is C22H28N2O4. The first-order valence-electron chi connectivity index (χ1n) is 9.64. The van der Waals surface area contributed by atoms with Gasteiger partial charge < -0.3 is 18.9 Å². The Morgan fingerprint density at radius 2 is 1.14 bits per heavy atom. The topological polar surface area (TPSA) is 43.4 Å². The second kappa shape index (κ2) is 10.9. The number of methoxy groups -OCH3 is 2. The van der Waals surface area contributed by atoms with E-state index in [-0.39, 0.29) is 0 Å². The predicted octanol–water partition coefficient (Wildman–Crippen LogP) is 1.07. The van der Waals surface area contributed by atoms with E-state index in [9.17, 15) is 0 Å². The van der Waals surface area contributed by atoms with Gasteiger partial charge in [-0.2, -0.15) is 0 Å². The van der Waals surface area contributed by atoms with Crippen molar-refractivity contribution in [1.82, 2.24) is 9.80 Å². The van der Waals surface area contributed by atoms with Crippen LogP contribution in [0.25, 0.3) is 0 Å². The highest BCUT2D eigenvalue weighted by Gasteiger charge is 2.11. The van der Waals surface area contributed by atoms with Crippen molar-refractivity contribution in [3.63, 3.8) is 0 Å². The molecule has 0 N–H and O–H groups in total. The molecule has 1 aromatic rings. The Balaban J connectivity index is 1.70. The zero-order valence-corrected chi connectivity index (χ0v) is 16.8. The van der Waals surface area contributed by atoms with E-state index in [1.807, 2.05) is 12.1 Å². The minimum atomic E-state index is 0.714. The fourth-order valence-corrected chi connectivity index (χ4v) is 3.10. The SMILES string of the molecule is COc1cc(C#CCN2CCOCC2)c(OC)cc1C#CCN1CCOCC1. The maximum atomic E-state index is 5.54. The van der Waals surface area contributed by atoms with Gasteiger partial charge in [-0.15, -0.1) is 0 Å². The molecule has 150 valence electrons. The van der Waals surface area contributed by atoms with Crippen LogP contribution in [-0.2, 0) is 9.47 Å². The van der Waals surface area contributed by atoms with Crippen molar-refractivity contribution < 1.29 is 18.9 Å². The van der Waals surface area contributed by atoms with Gasteiger partial charge in [0.15, 0.2) is 0 Å². The van der Waals surface area contributed by atoms with Crippen molar-refractivity contribution in [1.29, 1.82) is 0 Å². The van der Waals surface area contributed by atoms with Crippen LogP contribution in [0.5, 0.6) is 11.5 Å². The number of benzene rings is 1. The summed E-state index contributed by atoms with van der Waals surface area (Å²) < 4.78 is 21.8. The first-order chi connectivity index (χ1) is 13.8. The molecule has 2 aliphatic heterocycles. The van der Waals surface area contributed by atoms with E-state index < -0.39 is 0 Å². The second-order valence-electron chi connectivity index (χ2n) is 6.63. The highest BCUT2D eigenvalue weighted by Crippen LogP contribution is 2.27. The average molecular weight is 384 g/mol. The summed E-state index contributed by atoms with van der Waals surface area (Å²) in [7, 11) is 3.31. The van der Waals surface area contributed by atoms with E-state index in [0.29, 0.717) is 11.5 Å². The molecule has 0 atom stereocenters. The van der Waals surface area contributed by atoms with Crippen LogP contribution >= 0.6 is 0 Å². The largest absolute Gasteiger partial charge is 0.495 e. The normalized spacial score (nSPS) is 17.8. The fraction of sp³-hybridized carbons (Fsp3) is 0.545. The molecule has 1 aromatic carbocycles. The maximum Gasteiger partial charge on any atom is 0.136 e. The van der Waals surface area contributed by atoms with Crippen LogP contribution in [-0.4, -0.2) is 89.7 Å². The molecule has 0 aliphatic carbocycles. The molecule has 2 fully saturated rings. The fourth-order valence-electron chi connectivity index (χ4n) is 3.10. The third-order valence-electron chi connectivity index (χ3n) is 4.78. The number of hydrogen-bond acceptors (Lipinski definition) is 6. The van der Waals surface area contributed by atoms with Crippen molar-refractivity contribution in [2.45, 2.75) is 0 Å². The van der Waals surface area contributed by atoms with Gasteiger partial charge in [-0.3, -0.25) is 9.80 Å². The molecule has 0 amide bonds. The smallest absolute Gasteiger partial charge is 0.136 e. The van der Waals surface area contributed by atoms with E-state index in [4.69, 9.17) is 18.9 Å². The monoisotopic (exact) mass is 384 g/mol. The van der Waals surface area contributed by atoms with Crippen LogP contribution in [0.3, 0.4) is 0 Å². The van der Waals surface area contributed by atoms with Gasteiger partial charge in [0.2, 0.25) is 0 Å². The lowest BCUT2D eigenvalue weighted by Gasteiger charge is -2.24. The molecule has 0 bridgehead atoms. The lowest BCUT2D eigenvalue weighted by atomic mass is 10.1. The summed E-state index contributed by atoms with van der Waals surface area (Å²) >= 11 is 0. The maximum absolute atomic E-state index is 5.54. The van der Waals surface area contributed by atoms with Crippen molar-refractivity contribution in [3.8, 4) is 35.2 Å². The van der Waals surface area contributed by atoms with Crippen LogP contribution in [0.1, 0.15) is 11.1 Å². The number of morpholine rings is 2. The van der Waals surface area contributed by atoms with Crippen LogP contribution in [0.4, 0.5) is 0 Å². The first-order valence-corrected chi connectivity index (χ1v) is 9.64. The summed E-state index contributed by atoms with van der Waals surface area (Å²) in [6, 6.07) is 3.81. The first kappa shape index (κ1) is 20.5. The molecule has 2 aliphatic rings. The summed E-state index contributed by atoms with van der Waals surface area (Å²) in [5, 5.41) is 0. The molecule has 0 unspecified atom stereocenters. The summed E-state index contributed by atoms with van der Waals surface area (Å²) in [6.07, 6.45) is 0. The third-order valence-corrected chi connectivity index (χ3v) is 4.78. The quantitative estimate of drug-likeness (QED) is 0.724. The Hall–Kier alpha value is -2.22.